The highest BCUT2D eigenvalue weighted by molar-refractivity contribution is 5.98. The molecule has 3 aromatic rings. The molecule has 4 saturated carbocycles. The standard InChI is InChI=1S/C38H49N5O7/c1-7-42(8-2)15-14-41(3)36(45)25-12-13-29(33(21-25)50-6)43-30(34-31(48-4)10-9-11-32(34)49-5)22-28(40-43)35(44)39-38(37(46)47)26-17-23-16-24(19-26)20-27(38)18-23/h9-13,21-24,26-27H,7-8,14-20H2,1-6H3,(H,39,44)(H,46,47). The third kappa shape index (κ3) is 6.18. The number of aliphatic carboxylic acids is 1. The highest BCUT2D eigenvalue weighted by Gasteiger charge is 2.62. The van der Waals surface area contributed by atoms with Gasteiger partial charge in [-0.2, -0.15) is 5.10 Å². The molecule has 0 spiro atoms. The fraction of sp³-hybridized carbons (Fsp3) is 0.526. The van der Waals surface area contributed by atoms with Crippen LogP contribution in [0.5, 0.6) is 17.2 Å². The number of carbonyl (C=O) groups excluding carboxylic acids is 2. The number of amides is 2. The molecule has 50 heavy (non-hydrogen) atoms. The number of nitrogens with one attached hydrogen (secondary N) is 1. The van der Waals surface area contributed by atoms with E-state index in [4.69, 9.17) is 19.3 Å². The summed E-state index contributed by atoms with van der Waals surface area (Å²) in [5, 5.41) is 18.5. The molecule has 4 bridgehead atoms. The zero-order valence-corrected chi connectivity index (χ0v) is 29.9. The number of carboxylic acid groups (broad SMARTS) is 1. The Morgan fingerprint density at radius 1 is 0.880 bits per heavy atom. The van der Waals surface area contributed by atoms with Crippen molar-refractivity contribution in [1.29, 1.82) is 0 Å². The van der Waals surface area contributed by atoms with Gasteiger partial charge in [-0.15, -0.1) is 0 Å². The maximum Gasteiger partial charge on any atom is 0.330 e. The van der Waals surface area contributed by atoms with Crippen molar-refractivity contribution in [3.63, 3.8) is 0 Å². The van der Waals surface area contributed by atoms with Crippen LogP contribution in [0.2, 0.25) is 0 Å². The summed E-state index contributed by atoms with van der Waals surface area (Å²) in [4.78, 5) is 44.7. The highest BCUT2D eigenvalue weighted by Crippen LogP contribution is 2.58. The van der Waals surface area contributed by atoms with Gasteiger partial charge in [0.25, 0.3) is 11.8 Å². The van der Waals surface area contributed by atoms with Gasteiger partial charge < -0.3 is 34.4 Å². The predicted molar refractivity (Wildman–Crippen MR) is 188 cm³/mol. The molecule has 7 rings (SSSR count). The van der Waals surface area contributed by atoms with E-state index in [9.17, 15) is 19.5 Å². The summed E-state index contributed by atoms with van der Waals surface area (Å²) < 4.78 is 18.9. The van der Waals surface area contributed by atoms with Crippen LogP contribution in [0.15, 0.2) is 42.5 Å². The first-order chi connectivity index (χ1) is 24.1. The van der Waals surface area contributed by atoms with Crippen molar-refractivity contribution in [2.75, 3.05) is 54.6 Å². The maximum absolute atomic E-state index is 14.2. The molecular formula is C38H49N5O7. The van der Waals surface area contributed by atoms with Crippen molar-refractivity contribution in [2.24, 2.45) is 23.7 Å². The minimum Gasteiger partial charge on any atom is -0.496 e. The molecule has 1 aromatic heterocycles. The van der Waals surface area contributed by atoms with Crippen molar-refractivity contribution in [1.82, 2.24) is 24.9 Å². The zero-order chi connectivity index (χ0) is 35.7. The summed E-state index contributed by atoms with van der Waals surface area (Å²) in [5.74, 6) is 0.458. The lowest BCUT2D eigenvalue weighted by Gasteiger charge is -2.59. The van der Waals surface area contributed by atoms with Crippen molar-refractivity contribution in [3.05, 3.63) is 53.7 Å². The molecule has 0 radical (unpaired) electrons. The molecule has 12 heteroatoms. The fourth-order valence-corrected chi connectivity index (χ4v) is 8.88. The van der Waals surface area contributed by atoms with Crippen LogP contribution in [0.1, 0.15) is 66.8 Å². The Hall–Kier alpha value is -4.58. The van der Waals surface area contributed by atoms with E-state index < -0.39 is 17.4 Å². The van der Waals surface area contributed by atoms with Gasteiger partial charge in [-0.1, -0.05) is 19.9 Å². The third-order valence-electron chi connectivity index (χ3n) is 11.4. The van der Waals surface area contributed by atoms with Gasteiger partial charge in [-0.25, -0.2) is 9.48 Å². The highest BCUT2D eigenvalue weighted by atomic mass is 16.5. The Morgan fingerprint density at radius 2 is 1.48 bits per heavy atom. The number of hydrogen-bond acceptors (Lipinski definition) is 8. The first-order valence-electron chi connectivity index (χ1n) is 17.6. The van der Waals surface area contributed by atoms with E-state index >= 15 is 0 Å². The quantitative estimate of drug-likeness (QED) is 0.240. The van der Waals surface area contributed by atoms with Crippen LogP contribution < -0.4 is 19.5 Å². The first kappa shape index (κ1) is 35.3. The average Bonchev–Trinajstić information content (AvgIpc) is 3.57. The predicted octanol–water partition coefficient (Wildman–Crippen LogP) is 4.99. The molecule has 4 aliphatic carbocycles. The van der Waals surface area contributed by atoms with Gasteiger partial charge in [-0.05, 0) is 105 Å². The fourth-order valence-electron chi connectivity index (χ4n) is 8.88. The summed E-state index contributed by atoms with van der Waals surface area (Å²) in [6.07, 6.45) is 4.40. The second-order valence-electron chi connectivity index (χ2n) is 13.9. The van der Waals surface area contributed by atoms with Crippen LogP contribution in [0.3, 0.4) is 0 Å². The monoisotopic (exact) mass is 687 g/mol. The first-order valence-corrected chi connectivity index (χ1v) is 17.6. The van der Waals surface area contributed by atoms with Gasteiger partial charge in [0.15, 0.2) is 5.69 Å². The van der Waals surface area contributed by atoms with Gasteiger partial charge in [0.1, 0.15) is 28.5 Å². The molecule has 0 unspecified atom stereocenters. The lowest BCUT2D eigenvalue weighted by atomic mass is 9.48. The van der Waals surface area contributed by atoms with Crippen LogP contribution in [-0.2, 0) is 4.79 Å². The summed E-state index contributed by atoms with van der Waals surface area (Å²) >= 11 is 0. The van der Waals surface area contributed by atoms with Gasteiger partial charge in [0, 0.05) is 25.7 Å². The van der Waals surface area contributed by atoms with Crippen LogP contribution in [0.25, 0.3) is 16.9 Å². The van der Waals surface area contributed by atoms with Gasteiger partial charge in [0.2, 0.25) is 0 Å². The molecule has 4 aliphatic rings. The number of ether oxygens (including phenoxy) is 3. The Bertz CT molecular complexity index is 1700. The van der Waals surface area contributed by atoms with E-state index in [-0.39, 0.29) is 23.4 Å². The zero-order valence-electron chi connectivity index (χ0n) is 29.9. The minimum atomic E-state index is -1.34. The smallest absolute Gasteiger partial charge is 0.330 e. The average molecular weight is 688 g/mol. The van der Waals surface area contributed by atoms with E-state index in [2.05, 4.69) is 24.1 Å². The number of benzene rings is 2. The Balaban J connectivity index is 1.40. The van der Waals surface area contributed by atoms with E-state index in [1.807, 2.05) is 0 Å². The molecular weight excluding hydrogens is 638 g/mol. The number of methoxy groups -OCH3 is 3. The van der Waals surface area contributed by atoms with E-state index in [1.54, 1.807) is 73.3 Å². The Kier molecular flexibility index (Phi) is 10.1. The van der Waals surface area contributed by atoms with E-state index in [0.29, 0.717) is 58.1 Å². The van der Waals surface area contributed by atoms with Gasteiger partial charge >= 0.3 is 5.97 Å². The van der Waals surface area contributed by atoms with Crippen LogP contribution >= 0.6 is 0 Å². The molecule has 2 aromatic carbocycles. The number of nitrogens with zero attached hydrogens (tertiary/aromatic N) is 4. The molecule has 2 amide bonds. The molecule has 268 valence electrons. The van der Waals surface area contributed by atoms with E-state index in [0.717, 1.165) is 51.7 Å². The number of hydrogen-bond donors (Lipinski definition) is 2. The van der Waals surface area contributed by atoms with E-state index in [1.165, 1.54) is 7.11 Å². The molecule has 0 atom stereocenters. The molecule has 2 N–H and O–H groups in total. The molecule has 1 heterocycles. The SMILES string of the molecule is CCN(CC)CCN(C)C(=O)c1ccc(-n2nc(C(=O)NC3(C(=O)O)C4CC5CC(C4)CC3C5)cc2-c2c(OC)cccc2OC)c(OC)c1. The normalized spacial score (nSPS) is 23.5. The number of likely N-dealkylation sites (N-methyl/N-ethyl adjacent to an activating group) is 2. The summed E-state index contributed by atoms with van der Waals surface area (Å²) in [7, 11) is 6.39. The number of rotatable bonds is 14. The Morgan fingerprint density at radius 3 is 2.02 bits per heavy atom. The van der Waals surface area contributed by atoms with Crippen molar-refractivity contribution < 1.29 is 33.7 Å². The maximum atomic E-state index is 14.2. The topological polar surface area (TPSA) is 135 Å². The third-order valence-corrected chi connectivity index (χ3v) is 11.4. The van der Waals surface area contributed by atoms with Crippen LogP contribution in [-0.4, -0.2) is 103 Å². The van der Waals surface area contributed by atoms with Crippen LogP contribution in [0, 0.1) is 23.7 Å². The molecule has 0 aliphatic heterocycles. The van der Waals surface area contributed by atoms with Gasteiger partial charge in [-0.3, -0.25) is 9.59 Å². The van der Waals surface area contributed by atoms with Gasteiger partial charge in [0.05, 0.1) is 32.6 Å². The largest absolute Gasteiger partial charge is 0.496 e. The summed E-state index contributed by atoms with van der Waals surface area (Å²) in [6, 6.07) is 12.1. The second-order valence-corrected chi connectivity index (χ2v) is 13.9. The summed E-state index contributed by atoms with van der Waals surface area (Å²) in [5.41, 5.74) is 0.630. The molecule has 4 fully saturated rings. The molecule has 0 saturated heterocycles. The van der Waals surface area contributed by atoms with Crippen molar-refractivity contribution >= 4 is 17.8 Å². The summed E-state index contributed by atoms with van der Waals surface area (Å²) in [6.45, 7) is 7.34. The number of aromatic nitrogens is 2. The van der Waals surface area contributed by atoms with Crippen LogP contribution in [0.4, 0.5) is 0 Å². The molecule has 12 nitrogen and oxygen atoms in total. The lowest BCUT2D eigenvalue weighted by molar-refractivity contribution is -0.163. The Labute approximate surface area is 293 Å². The second kappa shape index (κ2) is 14.3. The number of carbonyl (C=O) groups is 3. The lowest BCUT2D eigenvalue weighted by Crippen LogP contribution is -2.70. The number of carboxylic acids is 1. The van der Waals surface area contributed by atoms with Crippen molar-refractivity contribution in [3.8, 4) is 34.2 Å². The van der Waals surface area contributed by atoms with Crippen molar-refractivity contribution in [2.45, 2.75) is 51.5 Å². The minimum absolute atomic E-state index is 0.0423.